The van der Waals surface area contributed by atoms with Crippen LogP contribution in [-0.2, 0) is 4.74 Å². The van der Waals surface area contributed by atoms with Gasteiger partial charge < -0.3 is 15.4 Å². The lowest BCUT2D eigenvalue weighted by Gasteiger charge is -2.41. The summed E-state index contributed by atoms with van der Waals surface area (Å²) in [6, 6.07) is 0.141. The van der Waals surface area contributed by atoms with Gasteiger partial charge in [-0.25, -0.2) is 9.97 Å². The molecule has 0 radical (unpaired) electrons. The van der Waals surface area contributed by atoms with E-state index < -0.39 is 0 Å². The third kappa shape index (κ3) is 2.06. The van der Waals surface area contributed by atoms with Crippen molar-refractivity contribution in [1.29, 1.82) is 0 Å². The molecule has 7 heteroatoms. The Morgan fingerprint density at radius 2 is 2.14 bits per heavy atom. The van der Waals surface area contributed by atoms with Crippen LogP contribution in [0, 0.1) is 5.41 Å². The lowest BCUT2D eigenvalue weighted by molar-refractivity contribution is 0.0974. The van der Waals surface area contributed by atoms with E-state index in [-0.39, 0.29) is 17.6 Å². The minimum atomic E-state index is 0.141. The molecule has 0 amide bonds. The third-order valence-electron chi connectivity index (χ3n) is 5.30. The average Bonchev–Trinajstić information content (AvgIpc) is 3.12. The molecule has 2 aliphatic rings. The van der Waals surface area contributed by atoms with Crippen LogP contribution in [0.1, 0.15) is 19.8 Å². The number of halogens is 1. The Morgan fingerprint density at radius 3 is 2.82 bits per heavy atom. The van der Waals surface area contributed by atoms with Gasteiger partial charge in [-0.1, -0.05) is 0 Å². The van der Waals surface area contributed by atoms with Crippen molar-refractivity contribution >= 4 is 27.3 Å². The highest BCUT2D eigenvalue weighted by Gasteiger charge is 2.47. The molecule has 2 saturated heterocycles. The summed E-state index contributed by atoms with van der Waals surface area (Å²) in [5, 5.41) is 0. The van der Waals surface area contributed by atoms with E-state index in [0.717, 1.165) is 48.5 Å². The van der Waals surface area contributed by atoms with E-state index in [9.17, 15) is 0 Å². The molecule has 1 spiro atoms. The summed E-state index contributed by atoms with van der Waals surface area (Å²) in [5.74, 6) is 0.996. The monoisotopic (exact) mass is 365 g/mol. The van der Waals surface area contributed by atoms with E-state index in [1.165, 1.54) is 0 Å². The highest BCUT2D eigenvalue weighted by molar-refractivity contribution is 9.10. The van der Waals surface area contributed by atoms with Crippen LogP contribution >= 0.6 is 15.9 Å². The second-order valence-electron chi connectivity index (χ2n) is 6.44. The number of hydrogen-bond donors (Lipinski definition) is 1. The Hall–Kier alpha value is -1.18. The zero-order chi connectivity index (χ0) is 15.3. The summed E-state index contributed by atoms with van der Waals surface area (Å²) in [7, 11) is 0. The zero-order valence-corrected chi connectivity index (χ0v) is 14.2. The van der Waals surface area contributed by atoms with Crippen molar-refractivity contribution < 1.29 is 4.74 Å². The lowest BCUT2D eigenvalue weighted by atomic mass is 9.73. The van der Waals surface area contributed by atoms with Crippen LogP contribution in [0.15, 0.2) is 23.3 Å². The van der Waals surface area contributed by atoms with Crippen LogP contribution in [0.3, 0.4) is 0 Å². The summed E-state index contributed by atoms with van der Waals surface area (Å²) in [4.78, 5) is 11.2. The summed E-state index contributed by atoms with van der Waals surface area (Å²) in [5.41, 5.74) is 7.56. The van der Waals surface area contributed by atoms with Crippen molar-refractivity contribution in [2.24, 2.45) is 11.1 Å². The third-order valence-corrected chi connectivity index (χ3v) is 5.88. The second kappa shape index (κ2) is 5.18. The predicted octanol–water partition coefficient (Wildman–Crippen LogP) is 1.82. The predicted molar refractivity (Wildman–Crippen MR) is 88.0 cm³/mol. The molecule has 6 nitrogen and oxygen atoms in total. The molecule has 2 atom stereocenters. The summed E-state index contributed by atoms with van der Waals surface area (Å²) in [6.45, 7) is 4.79. The number of anilines is 1. The van der Waals surface area contributed by atoms with Gasteiger partial charge in [0.05, 0.1) is 25.1 Å². The van der Waals surface area contributed by atoms with Gasteiger partial charge in [-0.05, 0) is 35.7 Å². The summed E-state index contributed by atoms with van der Waals surface area (Å²) in [6.07, 6.45) is 7.77. The molecule has 2 aliphatic heterocycles. The molecule has 118 valence electrons. The first-order chi connectivity index (χ1) is 10.6. The quantitative estimate of drug-likeness (QED) is 0.834. The number of piperidine rings is 1. The molecule has 4 rings (SSSR count). The second-order valence-corrected chi connectivity index (χ2v) is 7.26. The van der Waals surface area contributed by atoms with E-state index in [0.29, 0.717) is 0 Å². The van der Waals surface area contributed by atoms with Gasteiger partial charge in [-0.2, -0.15) is 0 Å². The average molecular weight is 366 g/mol. The van der Waals surface area contributed by atoms with Crippen LogP contribution in [0.25, 0.3) is 5.52 Å². The molecule has 0 aliphatic carbocycles. The zero-order valence-electron chi connectivity index (χ0n) is 12.6. The van der Waals surface area contributed by atoms with Crippen LogP contribution in [0.4, 0.5) is 5.82 Å². The maximum Gasteiger partial charge on any atom is 0.154 e. The number of nitrogens with zero attached hydrogens (tertiary/aromatic N) is 4. The molecule has 4 heterocycles. The van der Waals surface area contributed by atoms with Crippen LogP contribution in [-0.4, -0.2) is 46.2 Å². The van der Waals surface area contributed by atoms with Gasteiger partial charge >= 0.3 is 0 Å². The topological polar surface area (TPSA) is 68.7 Å². The van der Waals surface area contributed by atoms with Gasteiger partial charge in [0.2, 0.25) is 0 Å². The smallest absolute Gasteiger partial charge is 0.154 e. The number of nitrogens with two attached hydrogens (primary N) is 1. The first kappa shape index (κ1) is 14.4. The Morgan fingerprint density at radius 1 is 1.36 bits per heavy atom. The molecule has 2 fully saturated rings. The number of aromatic nitrogens is 3. The Bertz CT molecular complexity index is 694. The van der Waals surface area contributed by atoms with Gasteiger partial charge in [-0.3, -0.25) is 4.40 Å². The number of hydrogen-bond acceptors (Lipinski definition) is 5. The van der Waals surface area contributed by atoms with Crippen molar-refractivity contribution in [3.63, 3.8) is 0 Å². The van der Waals surface area contributed by atoms with Crippen molar-refractivity contribution in [2.75, 3.05) is 24.6 Å². The summed E-state index contributed by atoms with van der Waals surface area (Å²) >= 11 is 3.51. The van der Waals surface area contributed by atoms with Crippen LogP contribution in [0.2, 0.25) is 0 Å². The fourth-order valence-corrected chi connectivity index (χ4v) is 4.14. The van der Waals surface area contributed by atoms with Crippen molar-refractivity contribution in [2.45, 2.75) is 31.9 Å². The number of rotatable bonds is 1. The number of fused-ring (bicyclic) bond motifs is 1. The van der Waals surface area contributed by atoms with Crippen molar-refractivity contribution in [1.82, 2.24) is 14.4 Å². The van der Waals surface area contributed by atoms with E-state index >= 15 is 0 Å². The molecule has 1 unspecified atom stereocenters. The first-order valence-corrected chi connectivity index (χ1v) is 8.49. The Labute approximate surface area is 137 Å². The van der Waals surface area contributed by atoms with Crippen molar-refractivity contribution in [3.05, 3.63) is 23.3 Å². The van der Waals surface area contributed by atoms with E-state index in [1.807, 2.05) is 16.8 Å². The SMILES string of the molecule is C[C@@H]1OCC2(CCN(c3ncc(Br)n4cncc34)CC2)C1N. The van der Waals surface area contributed by atoms with Crippen LogP contribution < -0.4 is 10.6 Å². The van der Waals surface area contributed by atoms with Crippen LogP contribution in [0.5, 0.6) is 0 Å². The molecule has 0 bridgehead atoms. The maximum atomic E-state index is 6.39. The molecule has 22 heavy (non-hydrogen) atoms. The number of ether oxygens (including phenoxy) is 1. The minimum Gasteiger partial charge on any atom is -0.376 e. The molecule has 0 aromatic carbocycles. The normalized spacial score (nSPS) is 27.9. The van der Waals surface area contributed by atoms with Gasteiger partial charge in [0.15, 0.2) is 5.82 Å². The molecular weight excluding hydrogens is 346 g/mol. The van der Waals surface area contributed by atoms with Gasteiger partial charge in [0.1, 0.15) is 16.4 Å². The standard InChI is InChI=1S/C15H20BrN5O/c1-10-13(17)15(8-22-10)2-4-20(5-3-15)14-11-6-18-9-21(11)12(16)7-19-14/h6-7,9-10,13H,2-5,8,17H2,1H3/t10-,13?/m0/s1. The minimum absolute atomic E-state index is 0.141. The fourth-order valence-electron chi connectivity index (χ4n) is 3.75. The maximum absolute atomic E-state index is 6.39. The van der Waals surface area contributed by atoms with E-state index in [2.05, 4.69) is 37.7 Å². The molecule has 2 aromatic heterocycles. The Balaban J connectivity index is 1.59. The van der Waals surface area contributed by atoms with E-state index in [4.69, 9.17) is 10.5 Å². The first-order valence-electron chi connectivity index (χ1n) is 7.69. The van der Waals surface area contributed by atoms with E-state index in [1.54, 1.807) is 6.33 Å². The molecule has 0 saturated carbocycles. The number of imidazole rings is 1. The van der Waals surface area contributed by atoms with Gasteiger partial charge in [0.25, 0.3) is 0 Å². The largest absolute Gasteiger partial charge is 0.376 e. The van der Waals surface area contributed by atoms with Gasteiger partial charge in [0, 0.05) is 24.5 Å². The summed E-state index contributed by atoms with van der Waals surface area (Å²) < 4.78 is 8.72. The van der Waals surface area contributed by atoms with Crippen molar-refractivity contribution in [3.8, 4) is 0 Å². The fraction of sp³-hybridized carbons (Fsp3) is 0.600. The molecule has 2 aromatic rings. The highest BCUT2D eigenvalue weighted by Crippen LogP contribution is 2.42. The highest BCUT2D eigenvalue weighted by atomic mass is 79.9. The van der Waals surface area contributed by atoms with Gasteiger partial charge in [-0.15, -0.1) is 0 Å². The lowest BCUT2D eigenvalue weighted by Crippen LogP contribution is -2.50. The Kier molecular flexibility index (Phi) is 3.39. The molecular formula is C15H20BrN5O. The molecule has 2 N–H and O–H groups in total.